The van der Waals surface area contributed by atoms with E-state index in [1.165, 1.54) is 31.2 Å². The van der Waals surface area contributed by atoms with Crippen molar-refractivity contribution >= 4 is 22.7 Å². The van der Waals surface area contributed by atoms with Crippen molar-refractivity contribution in [3.63, 3.8) is 0 Å². The highest BCUT2D eigenvalue weighted by Crippen LogP contribution is 2.22. The van der Waals surface area contributed by atoms with E-state index in [0.717, 1.165) is 19.6 Å². The fourth-order valence-corrected chi connectivity index (χ4v) is 3.37. The number of benzene rings is 2. The van der Waals surface area contributed by atoms with Gasteiger partial charge in [0.1, 0.15) is 5.52 Å². The van der Waals surface area contributed by atoms with Gasteiger partial charge < -0.3 is 9.73 Å². The van der Waals surface area contributed by atoms with Crippen LogP contribution in [0.3, 0.4) is 0 Å². The zero-order valence-corrected chi connectivity index (χ0v) is 14.1. The first-order chi connectivity index (χ1) is 12.3. The number of amides is 1. The molecule has 25 heavy (non-hydrogen) atoms. The Kier molecular flexibility index (Phi) is 4.48. The van der Waals surface area contributed by atoms with Crippen molar-refractivity contribution in [2.45, 2.75) is 25.8 Å². The van der Waals surface area contributed by atoms with Gasteiger partial charge in [-0.1, -0.05) is 24.6 Å². The lowest BCUT2D eigenvalue weighted by Gasteiger charge is -2.26. The maximum Gasteiger partial charge on any atom is 0.255 e. The summed E-state index contributed by atoms with van der Waals surface area (Å²) in [5.74, 6) is -0.129. The van der Waals surface area contributed by atoms with Gasteiger partial charge in [0.15, 0.2) is 12.0 Å². The molecule has 0 radical (unpaired) electrons. The SMILES string of the molecule is O=C(Nc1cccc2ocnc12)c1cccc(CN2CCCCC2)c1. The van der Waals surface area contributed by atoms with Gasteiger partial charge in [0.05, 0.1) is 5.69 Å². The smallest absolute Gasteiger partial charge is 0.255 e. The number of hydrogen-bond acceptors (Lipinski definition) is 4. The zero-order chi connectivity index (χ0) is 17.1. The molecule has 4 rings (SSSR count). The molecule has 0 spiro atoms. The summed E-state index contributed by atoms with van der Waals surface area (Å²) in [6, 6.07) is 13.4. The number of carbonyl (C=O) groups is 1. The number of fused-ring (bicyclic) bond motifs is 1. The molecule has 1 aliphatic rings. The van der Waals surface area contributed by atoms with E-state index in [1.54, 1.807) is 0 Å². The van der Waals surface area contributed by atoms with Crippen molar-refractivity contribution in [3.8, 4) is 0 Å². The van der Waals surface area contributed by atoms with Crippen LogP contribution in [0.1, 0.15) is 35.2 Å². The Labute approximate surface area is 146 Å². The van der Waals surface area contributed by atoms with Crippen molar-refractivity contribution in [2.75, 3.05) is 18.4 Å². The molecule has 1 N–H and O–H groups in total. The van der Waals surface area contributed by atoms with E-state index in [0.29, 0.717) is 22.4 Å². The Bertz CT molecular complexity index is 881. The summed E-state index contributed by atoms with van der Waals surface area (Å²) in [6.45, 7) is 3.19. The second kappa shape index (κ2) is 7.07. The molecule has 0 aliphatic carbocycles. The second-order valence-corrected chi connectivity index (χ2v) is 6.50. The molecular weight excluding hydrogens is 314 g/mol. The van der Waals surface area contributed by atoms with Gasteiger partial charge in [-0.25, -0.2) is 4.98 Å². The number of para-hydroxylation sites is 1. The molecule has 1 saturated heterocycles. The number of rotatable bonds is 4. The summed E-state index contributed by atoms with van der Waals surface area (Å²) >= 11 is 0. The Morgan fingerprint density at radius 1 is 1.12 bits per heavy atom. The Hall–Kier alpha value is -2.66. The average Bonchev–Trinajstić information content (AvgIpc) is 3.13. The standard InChI is InChI=1S/C20H21N3O2/c24-20(22-17-8-5-9-18-19(17)21-14-25-18)16-7-4-6-15(12-16)13-23-10-2-1-3-11-23/h4-9,12,14H,1-3,10-11,13H2,(H,22,24). The Morgan fingerprint density at radius 2 is 1.96 bits per heavy atom. The number of hydrogen-bond donors (Lipinski definition) is 1. The minimum atomic E-state index is -0.129. The van der Waals surface area contributed by atoms with Crippen LogP contribution in [0.5, 0.6) is 0 Å². The third kappa shape index (κ3) is 3.56. The normalized spacial score (nSPS) is 15.4. The number of oxazole rings is 1. The van der Waals surface area contributed by atoms with Gasteiger partial charge in [-0.15, -0.1) is 0 Å². The van der Waals surface area contributed by atoms with Gasteiger partial charge in [0.2, 0.25) is 0 Å². The number of aromatic nitrogens is 1. The van der Waals surface area contributed by atoms with Gasteiger partial charge in [0, 0.05) is 12.1 Å². The van der Waals surface area contributed by atoms with E-state index in [2.05, 4.69) is 21.3 Å². The fraction of sp³-hybridized carbons (Fsp3) is 0.300. The first-order valence-electron chi connectivity index (χ1n) is 8.74. The van der Waals surface area contributed by atoms with Crippen LogP contribution in [-0.4, -0.2) is 28.9 Å². The Morgan fingerprint density at radius 3 is 2.84 bits per heavy atom. The van der Waals surface area contributed by atoms with Gasteiger partial charge >= 0.3 is 0 Å². The predicted octanol–water partition coefficient (Wildman–Crippen LogP) is 4.07. The molecule has 3 aromatic rings. The van der Waals surface area contributed by atoms with Crippen molar-refractivity contribution in [1.29, 1.82) is 0 Å². The van der Waals surface area contributed by atoms with Crippen molar-refractivity contribution < 1.29 is 9.21 Å². The first kappa shape index (κ1) is 15.8. The van der Waals surface area contributed by atoms with Gasteiger partial charge in [-0.05, 0) is 55.8 Å². The minimum absolute atomic E-state index is 0.129. The molecule has 1 aromatic heterocycles. The van der Waals surface area contributed by atoms with Gasteiger partial charge in [-0.3, -0.25) is 9.69 Å². The molecule has 1 fully saturated rings. The van der Waals surface area contributed by atoms with Crippen molar-refractivity contribution in [3.05, 3.63) is 60.0 Å². The van der Waals surface area contributed by atoms with E-state index < -0.39 is 0 Å². The fourth-order valence-electron chi connectivity index (χ4n) is 3.37. The van der Waals surface area contributed by atoms with Crippen molar-refractivity contribution in [2.24, 2.45) is 0 Å². The van der Waals surface area contributed by atoms with E-state index in [1.807, 2.05) is 36.4 Å². The molecule has 0 atom stereocenters. The highest BCUT2D eigenvalue weighted by Gasteiger charge is 2.13. The van der Waals surface area contributed by atoms with E-state index in [4.69, 9.17) is 4.42 Å². The van der Waals surface area contributed by atoms with Crippen molar-refractivity contribution in [1.82, 2.24) is 9.88 Å². The van der Waals surface area contributed by atoms with Gasteiger partial charge in [-0.2, -0.15) is 0 Å². The molecule has 5 nitrogen and oxygen atoms in total. The maximum atomic E-state index is 12.6. The topological polar surface area (TPSA) is 58.4 Å². The van der Waals surface area contributed by atoms with E-state index >= 15 is 0 Å². The summed E-state index contributed by atoms with van der Waals surface area (Å²) in [7, 11) is 0. The number of nitrogens with zero attached hydrogens (tertiary/aromatic N) is 2. The lowest BCUT2D eigenvalue weighted by Crippen LogP contribution is -2.29. The monoisotopic (exact) mass is 335 g/mol. The second-order valence-electron chi connectivity index (χ2n) is 6.50. The van der Waals surface area contributed by atoms with Crippen LogP contribution in [0, 0.1) is 0 Å². The highest BCUT2D eigenvalue weighted by atomic mass is 16.3. The summed E-state index contributed by atoms with van der Waals surface area (Å²) in [4.78, 5) is 19.3. The van der Waals surface area contributed by atoms with Crippen LogP contribution in [0.2, 0.25) is 0 Å². The largest absolute Gasteiger partial charge is 0.443 e. The third-order valence-electron chi connectivity index (χ3n) is 4.65. The van der Waals surface area contributed by atoms with Crippen LogP contribution in [0.15, 0.2) is 53.3 Å². The highest BCUT2D eigenvalue weighted by molar-refractivity contribution is 6.07. The molecule has 0 bridgehead atoms. The molecule has 2 heterocycles. The molecule has 2 aromatic carbocycles. The first-order valence-corrected chi connectivity index (χ1v) is 8.74. The zero-order valence-electron chi connectivity index (χ0n) is 14.1. The summed E-state index contributed by atoms with van der Waals surface area (Å²) < 4.78 is 5.28. The maximum absolute atomic E-state index is 12.6. The van der Waals surface area contributed by atoms with Crippen LogP contribution in [-0.2, 0) is 6.54 Å². The number of nitrogens with one attached hydrogen (secondary N) is 1. The van der Waals surface area contributed by atoms with E-state index in [-0.39, 0.29) is 5.91 Å². The van der Waals surface area contributed by atoms with E-state index in [9.17, 15) is 4.79 Å². The average molecular weight is 335 g/mol. The van der Waals surface area contributed by atoms with Crippen LogP contribution in [0.4, 0.5) is 5.69 Å². The summed E-state index contributed by atoms with van der Waals surface area (Å²) in [5.41, 5.74) is 3.83. The summed E-state index contributed by atoms with van der Waals surface area (Å²) in [5, 5.41) is 2.94. The summed E-state index contributed by atoms with van der Waals surface area (Å²) in [6.07, 6.45) is 5.25. The molecule has 5 heteroatoms. The molecular formula is C20H21N3O2. The number of anilines is 1. The molecule has 0 unspecified atom stereocenters. The number of piperidine rings is 1. The molecule has 1 amide bonds. The number of likely N-dealkylation sites (tertiary alicyclic amines) is 1. The quantitative estimate of drug-likeness (QED) is 0.781. The molecule has 0 saturated carbocycles. The van der Waals surface area contributed by atoms with Crippen LogP contribution >= 0.6 is 0 Å². The predicted molar refractivity (Wildman–Crippen MR) is 97.5 cm³/mol. The molecule has 128 valence electrons. The van der Waals surface area contributed by atoms with Gasteiger partial charge in [0.25, 0.3) is 5.91 Å². The lowest BCUT2D eigenvalue weighted by molar-refractivity contribution is 0.102. The minimum Gasteiger partial charge on any atom is -0.443 e. The number of carbonyl (C=O) groups excluding carboxylic acids is 1. The van der Waals surface area contributed by atoms with Crippen LogP contribution < -0.4 is 5.32 Å². The van der Waals surface area contributed by atoms with Crippen LogP contribution in [0.25, 0.3) is 11.1 Å². The molecule has 1 aliphatic heterocycles. The Balaban J connectivity index is 1.50. The third-order valence-corrected chi connectivity index (χ3v) is 4.65. The lowest BCUT2D eigenvalue weighted by atomic mass is 10.1.